The minimum Gasteiger partial charge on any atom is -0.496 e. The van der Waals surface area contributed by atoms with Crippen LogP contribution in [0.25, 0.3) is 0 Å². The number of hydrogen-bond acceptors (Lipinski definition) is 5. The molecule has 0 unspecified atom stereocenters. The van der Waals surface area contributed by atoms with Crippen molar-refractivity contribution in [1.82, 2.24) is 9.29 Å². The van der Waals surface area contributed by atoms with Crippen molar-refractivity contribution in [3.8, 4) is 5.75 Å². The Balaban J connectivity index is 2.31. The summed E-state index contributed by atoms with van der Waals surface area (Å²) >= 11 is 0. The number of methoxy groups -OCH3 is 1. The lowest BCUT2D eigenvalue weighted by Crippen LogP contribution is -2.27. The van der Waals surface area contributed by atoms with Crippen LogP contribution in [0.15, 0.2) is 41.4 Å². The van der Waals surface area contributed by atoms with Gasteiger partial charge in [-0.05, 0) is 36.8 Å². The number of rotatable bonds is 7. The average molecular weight is 364 g/mol. The molecule has 0 aliphatic carbocycles. The summed E-state index contributed by atoms with van der Waals surface area (Å²) in [5.41, 5.74) is 1.91. The summed E-state index contributed by atoms with van der Waals surface area (Å²) < 4.78 is 31.8. The molecule has 0 spiro atoms. The average Bonchev–Trinajstić information content (AvgIpc) is 2.56. The molecule has 0 amide bonds. The molecule has 25 heavy (non-hydrogen) atoms. The van der Waals surface area contributed by atoms with Gasteiger partial charge in [-0.3, -0.25) is 9.78 Å². The monoisotopic (exact) mass is 364 g/mol. The molecule has 1 aromatic heterocycles. The molecule has 0 saturated heterocycles. The molecule has 2 aromatic rings. The maximum atomic E-state index is 12.8. The van der Waals surface area contributed by atoms with E-state index in [1.54, 1.807) is 12.3 Å². The highest BCUT2D eigenvalue weighted by Crippen LogP contribution is 2.25. The SMILES string of the molecule is COc1ccc(S(=O)(=O)N(C)Cc2ccc(C)cn2)cc1CC(=O)O. The second-order valence-corrected chi connectivity index (χ2v) is 7.68. The van der Waals surface area contributed by atoms with Crippen LogP contribution in [0.2, 0.25) is 0 Å². The van der Waals surface area contributed by atoms with Gasteiger partial charge in [-0.25, -0.2) is 8.42 Å². The Morgan fingerprint density at radius 2 is 2.00 bits per heavy atom. The Labute approximate surface area is 146 Å². The van der Waals surface area contributed by atoms with E-state index in [1.165, 1.54) is 36.7 Å². The largest absolute Gasteiger partial charge is 0.496 e. The van der Waals surface area contributed by atoms with Gasteiger partial charge in [0.25, 0.3) is 0 Å². The summed E-state index contributed by atoms with van der Waals surface area (Å²) in [5.74, 6) is -0.728. The zero-order chi connectivity index (χ0) is 18.6. The summed E-state index contributed by atoms with van der Waals surface area (Å²) in [6.07, 6.45) is 1.35. The third-order valence-corrected chi connectivity index (χ3v) is 5.46. The summed E-state index contributed by atoms with van der Waals surface area (Å²) in [4.78, 5) is 15.2. The van der Waals surface area contributed by atoms with Crippen LogP contribution in [0.5, 0.6) is 5.75 Å². The molecule has 0 aliphatic rings. The van der Waals surface area contributed by atoms with E-state index >= 15 is 0 Å². The highest BCUT2D eigenvalue weighted by atomic mass is 32.2. The van der Waals surface area contributed by atoms with Crippen LogP contribution >= 0.6 is 0 Å². The van der Waals surface area contributed by atoms with Gasteiger partial charge in [0.05, 0.1) is 30.7 Å². The zero-order valence-electron chi connectivity index (χ0n) is 14.3. The number of pyridine rings is 1. The van der Waals surface area contributed by atoms with Gasteiger partial charge in [-0.15, -0.1) is 0 Å². The predicted octanol–water partition coefficient (Wildman–Crippen LogP) is 1.85. The standard InChI is InChI=1S/C17H20N2O5S/c1-12-4-5-14(18-10-12)11-19(2)25(22,23)15-6-7-16(24-3)13(8-15)9-17(20)21/h4-8,10H,9,11H2,1-3H3,(H,20,21). The van der Waals surface area contributed by atoms with Gasteiger partial charge in [0.1, 0.15) is 5.75 Å². The number of aryl methyl sites for hydroxylation is 1. The normalized spacial score (nSPS) is 11.5. The number of carboxylic acids is 1. The van der Waals surface area contributed by atoms with Gasteiger partial charge in [0.15, 0.2) is 0 Å². The van der Waals surface area contributed by atoms with Crippen LogP contribution in [-0.4, -0.2) is 42.9 Å². The molecule has 0 aliphatic heterocycles. The number of benzene rings is 1. The van der Waals surface area contributed by atoms with Gasteiger partial charge >= 0.3 is 5.97 Å². The Morgan fingerprint density at radius 3 is 2.56 bits per heavy atom. The first-order valence-electron chi connectivity index (χ1n) is 7.50. The number of carboxylic acid groups (broad SMARTS) is 1. The minimum absolute atomic E-state index is 0.0131. The van der Waals surface area contributed by atoms with Crippen LogP contribution in [0.3, 0.4) is 0 Å². The Morgan fingerprint density at radius 1 is 1.28 bits per heavy atom. The van der Waals surface area contributed by atoms with E-state index in [2.05, 4.69) is 4.98 Å². The van der Waals surface area contributed by atoms with Crippen LogP contribution in [0, 0.1) is 6.92 Å². The lowest BCUT2D eigenvalue weighted by molar-refractivity contribution is -0.136. The molecule has 134 valence electrons. The van der Waals surface area contributed by atoms with Crippen LogP contribution in [-0.2, 0) is 27.8 Å². The topological polar surface area (TPSA) is 96.8 Å². The Kier molecular flexibility index (Phi) is 5.76. The van der Waals surface area contributed by atoms with Crippen molar-refractivity contribution in [1.29, 1.82) is 0 Å². The first-order chi connectivity index (χ1) is 11.7. The maximum Gasteiger partial charge on any atom is 0.307 e. The predicted molar refractivity (Wildman–Crippen MR) is 92.0 cm³/mol. The van der Waals surface area contributed by atoms with E-state index in [-0.39, 0.29) is 17.9 Å². The van der Waals surface area contributed by atoms with E-state index in [0.29, 0.717) is 17.0 Å². The van der Waals surface area contributed by atoms with Gasteiger partial charge < -0.3 is 9.84 Å². The quantitative estimate of drug-likeness (QED) is 0.805. The minimum atomic E-state index is -3.79. The lowest BCUT2D eigenvalue weighted by atomic mass is 10.1. The molecule has 7 nitrogen and oxygen atoms in total. The summed E-state index contributed by atoms with van der Waals surface area (Å²) in [6.45, 7) is 2.02. The van der Waals surface area contributed by atoms with Gasteiger partial charge in [0.2, 0.25) is 10.0 Å². The zero-order valence-corrected chi connectivity index (χ0v) is 15.1. The summed E-state index contributed by atoms with van der Waals surface area (Å²) in [5, 5.41) is 8.98. The molecule has 0 saturated carbocycles. The van der Waals surface area contributed by atoms with Crippen molar-refractivity contribution in [3.05, 3.63) is 53.3 Å². The van der Waals surface area contributed by atoms with E-state index in [9.17, 15) is 13.2 Å². The van der Waals surface area contributed by atoms with Crippen LogP contribution < -0.4 is 4.74 Å². The summed E-state index contributed by atoms with van der Waals surface area (Å²) in [6, 6.07) is 7.83. The molecule has 1 N–H and O–H groups in total. The van der Waals surface area contributed by atoms with E-state index in [1.807, 2.05) is 13.0 Å². The van der Waals surface area contributed by atoms with E-state index in [0.717, 1.165) is 5.56 Å². The lowest BCUT2D eigenvalue weighted by Gasteiger charge is -2.18. The van der Waals surface area contributed by atoms with Crippen LogP contribution in [0.1, 0.15) is 16.8 Å². The molecule has 0 atom stereocenters. The van der Waals surface area contributed by atoms with Crippen molar-refractivity contribution < 1.29 is 23.1 Å². The number of hydrogen-bond donors (Lipinski definition) is 1. The number of aromatic nitrogens is 1. The number of nitrogens with zero attached hydrogens (tertiary/aromatic N) is 2. The second-order valence-electron chi connectivity index (χ2n) is 5.63. The molecule has 1 aromatic carbocycles. The molecule has 1 heterocycles. The molecular formula is C17H20N2O5S. The highest BCUT2D eigenvalue weighted by molar-refractivity contribution is 7.89. The maximum absolute atomic E-state index is 12.8. The van der Waals surface area contributed by atoms with Crippen molar-refractivity contribution in [2.45, 2.75) is 24.8 Å². The Bertz CT molecular complexity index is 863. The highest BCUT2D eigenvalue weighted by Gasteiger charge is 2.23. The number of ether oxygens (including phenoxy) is 1. The fraction of sp³-hybridized carbons (Fsp3) is 0.294. The molecule has 0 radical (unpaired) electrons. The smallest absolute Gasteiger partial charge is 0.307 e. The number of carbonyl (C=O) groups is 1. The van der Waals surface area contributed by atoms with Crippen molar-refractivity contribution >= 4 is 16.0 Å². The third kappa shape index (κ3) is 4.55. The first-order valence-corrected chi connectivity index (χ1v) is 8.94. The van der Waals surface area contributed by atoms with E-state index in [4.69, 9.17) is 9.84 Å². The molecule has 2 rings (SSSR count). The first kappa shape index (κ1) is 18.9. The fourth-order valence-corrected chi connectivity index (χ4v) is 3.49. The Hall–Kier alpha value is -2.45. The van der Waals surface area contributed by atoms with Gasteiger partial charge in [-0.2, -0.15) is 4.31 Å². The second kappa shape index (κ2) is 7.62. The third-order valence-electron chi connectivity index (χ3n) is 3.66. The molecule has 0 bridgehead atoms. The van der Waals surface area contributed by atoms with Crippen molar-refractivity contribution in [2.75, 3.05) is 14.2 Å². The number of aliphatic carboxylic acids is 1. The molecule has 0 fully saturated rings. The summed E-state index contributed by atoms with van der Waals surface area (Å²) in [7, 11) is -0.923. The molecular weight excluding hydrogens is 344 g/mol. The fourth-order valence-electron chi connectivity index (χ4n) is 2.30. The van der Waals surface area contributed by atoms with E-state index < -0.39 is 16.0 Å². The van der Waals surface area contributed by atoms with Crippen molar-refractivity contribution in [2.24, 2.45) is 0 Å². The van der Waals surface area contributed by atoms with Gasteiger partial charge in [0, 0.05) is 18.8 Å². The van der Waals surface area contributed by atoms with Gasteiger partial charge in [-0.1, -0.05) is 6.07 Å². The van der Waals surface area contributed by atoms with Crippen molar-refractivity contribution in [3.63, 3.8) is 0 Å². The molecule has 8 heteroatoms. The number of sulfonamides is 1. The van der Waals surface area contributed by atoms with Crippen LogP contribution in [0.4, 0.5) is 0 Å².